The minimum atomic E-state index is 0.108. The van der Waals surface area contributed by atoms with Crippen LogP contribution in [0.25, 0.3) is 11.1 Å². The largest absolute Gasteiger partial charge is 0.0816 e. The Balaban J connectivity index is 2.06. The van der Waals surface area contributed by atoms with Gasteiger partial charge in [0.15, 0.2) is 0 Å². The smallest absolute Gasteiger partial charge is 0.0402 e. The van der Waals surface area contributed by atoms with E-state index in [-0.39, 0.29) is 10.8 Å². The average molecular weight is 246 g/mol. The van der Waals surface area contributed by atoms with Crippen LogP contribution in [0.4, 0.5) is 0 Å². The molecule has 0 fully saturated rings. The minimum Gasteiger partial charge on any atom is -0.0816 e. The number of rotatable bonds is 0. The molecule has 0 heteroatoms. The molecule has 0 atom stereocenters. The second kappa shape index (κ2) is 3.39. The van der Waals surface area contributed by atoms with Crippen LogP contribution in [0.5, 0.6) is 0 Å². The summed E-state index contributed by atoms with van der Waals surface area (Å²) in [4.78, 5) is 0. The summed E-state index contributed by atoms with van der Waals surface area (Å²) in [6, 6.07) is 17.8. The number of hydrogen-bond donors (Lipinski definition) is 0. The van der Waals surface area contributed by atoms with E-state index in [1.54, 1.807) is 0 Å². The molecule has 0 amide bonds. The molecule has 0 nitrogen and oxygen atoms in total. The summed E-state index contributed by atoms with van der Waals surface area (Å²) >= 11 is 0. The van der Waals surface area contributed by atoms with Crippen molar-refractivity contribution in [2.24, 2.45) is 5.41 Å². The maximum Gasteiger partial charge on any atom is 0.0402 e. The first-order chi connectivity index (χ1) is 9.12. The Kier molecular flexibility index (Phi) is 1.97. The lowest BCUT2D eigenvalue weighted by atomic mass is 9.73. The topological polar surface area (TPSA) is 0 Å². The van der Waals surface area contributed by atoms with Gasteiger partial charge in [0.05, 0.1) is 0 Å². The lowest BCUT2D eigenvalue weighted by Crippen LogP contribution is -2.23. The van der Waals surface area contributed by atoms with Gasteiger partial charge < -0.3 is 0 Å². The van der Waals surface area contributed by atoms with E-state index < -0.39 is 0 Å². The lowest BCUT2D eigenvalue weighted by molar-refractivity contribution is 0.406. The average Bonchev–Trinajstić information content (AvgIpc) is 2.89. The third kappa shape index (κ3) is 1.35. The fourth-order valence-corrected chi connectivity index (χ4v) is 3.93. The molecule has 0 N–H and O–H groups in total. The lowest BCUT2D eigenvalue weighted by Gasteiger charge is -2.29. The molecule has 0 radical (unpaired) electrons. The first-order valence-electron chi connectivity index (χ1n) is 7.02. The molecule has 0 unspecified atom stereocenters. The highest BCUT2D eigenvalue weighted by Crippen LogP contribution is 2.57. The summed E-state index contributed by atoms with van der Waals surface area (Å²) in [5.74, 6) is 0. The van der Waals surface area contributed by atoms with E-state index in [9.17, 15) is 0 Å². The van der Waals surface area contributed by atoms with E-state index in [0.29, 0.717) is 0 Å². The molecule has 4 rings (SSSR count). The van der Waals surface area contributed by atoms with E-state index in [0.717, 1.165) is 0 Å². The van der Waals surface area contributed by atoms with Crippen LogP contribution in [-0.4, -0.2) is 0 Å². The highest BCUT2D eigenvalue weighted by atomic mass is 14.5. The zero-order chi connectivity index (χ0) is 13.1. The SMILES string of the molecule is CC1(C)C=CC2(C1)c1ccccc1-c1ccccc12. The summed E-state index contributed by atoms with van der Waals surface area (Å²) < 4.78 is 0. The second-order valence-corrected chi connectivity index (χ2v) is 6.56. The summed E-state index contributed by atoms with van der Waals surface area (Å²) in [6.45, 7) is 4.67. The van der Waals surface area contributed by atoms with E-state index >= 15 is 0 Å². The standard InChI is InChI=1S/C19H18/c1-18(2)11-12-19(13-18)16-9-5-3-7-14(16)15-8-4-6-10-17(15)19/h3-12H,13H2,1-2H3. The Morgan fingerprint density at radius 2 is 1.26 bits per heavy atom. The van der Waals surface area contributed by atoms with Gasteiger partial charge in [0, 0.05) is 5.41 Å². The Hall–Kier alpha value is -1.82. The van der Waals surface area contributed by atoms with E-state index in [1.807, 2.05) is 0 Å². The summed E-state index contributed by atoms with van der Waals surface area (Å²) in [7, 11) is 0. The molecule has 1 spiro atoms. The maximum atomic E-state index is 2.44. The third-order valence-corrected chi connectivity index (χ3v) is 4.66. The van der Waals surface area contributed by atoms with Gasteiger partial charge in [0.2, 0.25) is 0 Å². The molecule has 2 aliphatic rings. The number of hydrogen-bond acceptors (Lipinski definition) is 0. The Morgan fingerprint density at radius 1 is 0.737 bits per heavy atom. The zero-order valence-electron chi connectivity index (χ0n) is 11.5. The van der Waals surface area contributed by atoms with Crippen LogP contribution in [0.2, 0.25) is 0 Å². The zero-order valence-corrected chi connectivity index (χ0v) is 11.5. The normalized spacial score (nSPS) is 20.5. The predicted octanol–water partition coefficient (Wildman–Crippen LogP) is 4.94. The Morgan fingerprint density at radius 3 is 1.74 bits per heavy atom. The van der Waals surface area contributed by atoms with Crippen molar-refractivity contribution in [3.63, 3.8) is 0 Å². The van der Waals surface area contributed by atoms with Crippen LogP contribution in [-0.2, 0) is 5.41 Å². The molecular formula is C19H18. The van der Waals surface area contributed by atoms with E-state index in [1.165, 1.54) is 28.7 Å². The number of allylic oxidation sites excluding steroid dienone is 2. The first kappa shape index (κ1) is 11.0. The molecule has 2 aromatic rings. The van der Waals surface area contributed by atoms with Gasteiger partial charge in [-0.25, -0.2) is 0 Å². The van der Waals surface area contributed by atoms with Gasteiger partial charge >= 0.3 is 0 Å². The molecule has 0 heterocycles. The highest BCUT2D eigenvalue weighted by Gasteiger charge is 2.46. The molecule has 2 aliphatic carbocycles. The predicted molar refractivity (Wildman–Crippen MR) is 80.2 cm³/mol. The van der Waals surface area contributed by atoms with Crippen molar-refractivity contribution in [1.82, 2.24) is 0 Å². The second-order valence-electron chi connectivity index (χ2n) is 6.56. The monoisotopic (exact) mass is 246 g/mol. The van der Waals surface area contributed by atoms with Crippen molar-refractivity contribution in [3.05, 3.63) is 71.8 Å². The van der Waals surface area contributed by atoms with Crippen molar-refractivity contribution < 1.29 is 0 Å². The van der Waals surface area contributed by atoms with E-state index in [2.05, 4.69) is 74.5 Å². The molecule has 2 aromatic carbocycles. The molecule has 0 bridgehead atoms. The molecule has 0 aromatic heterocycles. The molecule has 0 saturated carbocycles. The van der Waals surface area contributed by atoms with Crippen LogP contribution in [0, 0.1) is 5.41 Å². The molecular weight excluding hydrogens is 228 g/mol. The van der Waals surface area contributed by atoms with Gasteiger partial charge in [0.25, 0.3) is 0 Å². The summed E-state index contributed by atoms with van der Waals surface area (Å²) in [5.41, 5.74) is 6.19. The van der Waals surface area contributed by atoms with Gasteiger partial charge in [-0.15, -0.1) is 0 Å². The minimum absolute atomic E-state index is 0.108. The van der Waals surface area contributed by atoms with Crippen molar-refractivity contribution >= 4 is 0 Å². The van der Waals surface area contributed by atoms with E-state index in [4.69, 9.17) is 0 Å². The van der Waals surface area contributed by atoms with Crippen LogP contribution in [0.1, 0.15) is 31.4 Å². The van der Waals surface area contributed by atoms with Gasteiger partial charge in [-0.2, -0.15) is 0 Å². The number of benzene rings is 2. The fourth-order valence-electron chi connectivity index (χ4n) is 3.93. The molecule has 94 valence electrons. The van der Waals surface area contributed by atoms with Crippen LogP contribution >= 0.6 is 0 Å². The van der Waals surface area contributed by atoms with Crippen LogP contribution in [0.3, 0.4) is 0 Å². The van der Waals surface area contributed by atoms with Gasteiger partial charge in [-0.3, -0.25) is 0 Å². The Bertz CT molecular complexity index is 643. The summed E-state index contributed by atoms with van der Waals surface area (Å²) in [6.07, 6.45) is 6.01. The van der Waals surface area contributed by atoms with Crippen LogP contribution < -0.4 is 0 Å². The quantitative estimate of drug-likeness (QED) is 0.578. The highest BCUT2D eigenvalue weighted by molar-refractivity contribution is 5.82. The molecule has 0 aliphatic heterocycles. The Labute approximate surface area is 114 Å². The first-order valence-corrected chi connectivity index (χ1v) is 7.02. The van der Waals surface area contributed by atoms with Crippen molar-refractivity contribution in [1.29, 1.82) is 0 Å². The maximum absolute atomic E-state index is 2.44. The third-order valence-electron chi connectivity index (χ3n) is 4.66. The summed E-state index contributed by atoms with van der Waals surface area (Å²) in [5, 5.41) is 0. The molecule has 0 saturated heterocycles. The van der Waals surface area contributed by atoms with Crippen LogP contribution in [0.15, 0.2) is 60.7 Å². The van der Waals surface area contributed by atoms with Gasteiger partial charge in [-0.1, -0.05) is 74.5 Å². The molecule has 19 heavy (non-hydrogen) atoms. The fraction of sp³-hybridized carbons (Fsp3) is 0.263. The van der Waals surface area contributed by atoms with Gasteiger partial charge in [-0.05, 0) is 34.1 Å². The van der Waals surface area contributed by atoms with Crippen molar-refractivity contribution in [2.75, 3.05) is 0 Å². The van der Waals surface area contributed by atoms with Crippen molar-refractivity contribution in [3.8, 4) is 11.1 Å². The van der Waals surface area contributed by atoms with Gasteiger partial charge in [0.1, 0.15) is 0 Å². The number of fused-ring (bicyclic) bond motifs is 5. The van der Waals surface area contributed by atoms with Crippen molar-refractivity contribution in [2.45, 2.75) is 25.7 Å².